The maximum atomic E-state index is 6.53. The first-order valence-electron chi connectivity index (χ1n) is 6.56. The van der Waals surface area contributed by atoms with E-state index in [0.717, 1.165) is 11.8 Å². The summed E-state index contributed by atoms with van der Waals surface area (Å²) in [6.45, 7) is 4.61. The molecular weight excluding hydrogens is 184 g/mol. The molecule has 1 heterocycles. The Kier molecular flexibility index (Phi) is 2.04. The SMILES string of the molecule is CCC1(C)OC23C=CCCC2CCC1C3. The monoisotopic (exact) mass is 206 g/mol. The minimum Gasteiger partial charge on any atom is -0.364 e. The van der Waals surface area contributed by atoms with Crippen LogP contribution in [-0.2, 0) is 4.74 Å². The molecular formula is C14H22O. The van der Waals surface area contributed by atoms with E-state index in [0.29, 0.717) is 0 Å². The van der Waals surface area contributed by atoms with Crippen LogP contribution in [0.1, 0.15) is 52.4 Å². The van der Waals surface area contributed by atoms with Crippen LogP contribution < -0.4 is 0 Å². The summed E-state index contributed by atoms with van der Waals surface area (Å²) in [6, 6.07) is 0. The van der Waals surface area contributed by atoms with E-state index in [1.54, 1.807) is 0 Å². The van der Waals surface area contributed by atoms with Gasteiger partial charge in [0.05, 0.1) is 11.2 Å². The van der Waals surface area contributed by atoms with Crippen molar-refractivity contribution in [3.63, 3.8) is 0 Å². The summed E-state index contributed by atoms with van der Waals surface area (Å²) < 4.78 is 6.53. The third-order valence-corrected chi connectivity index (χ3v) is 5.19. The highest BCUT2D eigenvalue weighted by atomic mass is 16.5. The van der Waals surface area contributed by atoms with Crippen molar-refractivity contribution in [2.24, 2.45) is 11.8 Å². The summed E-state index contributed by atoms with van der Waals surface area (Å²) in [7, 11) is 0. The number of hydrogen-bond donors (Lipinski definition) is 0. The molecule has 0 aromatic carbocycles. The van der Waals surface area contributed by atoms with Gasteiger partial charge in [0, 0.05) is 0 Å². The molecule has 0 N–H and O–H groups in total. The van der Waals surface area contributed by atoms with Crippen molar-refractivity contribution in [3.05, 3.63) is 12.2 Å². The van der Waals surface area contributed by atoms with Crippen molar-refractivity contribution in [2.45, 2.75) is 63.6 Å². The molecule has 84 valence electrons. The van der Waals surface area contributed by atoms with E-state index in [9.17, 15) is 0 Å². The molecule has 0 amide bonds. The van der Waals surface area contributed by atoms with Crippen LogP contribution in [0.2, 0.25) is 0 Å². The van der Waals surface area contributed by atoms with Gasteiger partial charge in [0.15, 0.2) is 0 Å². The van der Waals surface area contributed by atoms with Gasteiger partial charge < -0.3 is 4.74 Å². The largest absolute Gasteiger partial charge is 0.364 e. The zero-order valence-electron chi connectivity index (χ0n) is 9.96. The number of allylic oxidation sites excluding steroid dienone is 1. The van der Waals surface area contributed by atoms with Crippen molar-refractivity contribution >= 4 is 0 Å². The van der Waals surface area contributed by atoms with Crippen molar-refractivity contribution < 1.29 is 4.74 Å². The zero-order valence-corrected chi connectivity index (χ0v) is 9.96. The van der Waals surface area contributed by atoms with E-state index in [1.165, 1.54) is 38.5 Å². The lowest BCUT2D eigenvalue weighted by Crippen LogP contribution is -2.40. The van der Waals surface area contributed by atoms with Gasteiger partial charge in [0.25, 0.3) is 0 Å². The molecule has 2 bridgehead atoms. The maximum absolute atomic E-state index is 6.53. The first-order chi connectivity index (χ1) is 7.19. The van der Waals surface area contributed by atoms with E-state index in [2.05, 4.69) is 26.0 Å². The molecule has 1 aliphatic heterocycles. The molecule has 0 aromatic heterocycles. The Morgan fingerprint density at radius 2 is 2.07 bits per heavy atom. The van der Waals surface area contributed by atoms with Crippen molar-refractivity contribution in [1.82, 2.24) is 0 Å². The second kappa shape index (κ2) is 3.10. The molecule has 2 aliphatic carbocycles. The molecule has 3 aliphatic rings. The maximum Gasteiger partial charge on any atom is 0.0901 e. The molecule has 4 atom stereocenters. The summed E-state index contributed by atoms with van der Waals surface area (Å²) in [6.07, 6.45) is 12.6. The third kappa shape index (κ3) is 1.25. The molecule has 0 aromatic rings. The fourth-order valence-electron chi connectivity index (χ4n) is 4.03. The van der Waals surface area contributed by atoms with Gasteiger partial charge in [0.1, 0.15) is 0 Å². The van der Waals surface area contributed by atoms with Gasteiger partial charge in [-0.2, -0.15) is 0 Å². The zero-order chi connectivity index (χ0) is 10.5. The Balaban J connectivity index is 1.97. The van der Waals surface area contributed by atoms with E-state index in [1.807, 2.05) is 0 Å². The fraction of sp³-hybridized carbons (Fsp3) is 0.857. The standard InChI is InChI=1S/C14H22O/c1-3-13(2)12-8-7-11-6-4-5-9-14(11,10-12)15-13/h5,9,11-12H,3-4,6-8,10H2,1-2H3. The topological polar surface area (TPSA) is 9.23 Å². The Bertz CT molecular complexity index is 296. The predicted molar refractivity (Wildman–Crippen MR) is 61.7 cm³/mol. The Morgan fingerprint density at radius 3 is 2.87 bits per heavy atom. The summed E-state index contributed by atoms with van der Waals surface area (Å²) in [5.74, 6) is 1.62. The van der Waals surface area contributed by atoms with E-state index < -0.39 is 0 Å². The quantitative estimate of drug-likeness (QED) is 0.594. The average Bonchev–Trinajstić information content (AvgIpc) is 2.47. The molecule has 15 heavy (non-hydrogen) atoms. The second-order valence-corrected chi connectivity index (χ2v) is 5.88. The van der Waals surface area contributed by atoms with E-state index >= 15 is 0 Å². The van der Waals surface area contributed by atoms with Crippen molar-refractivity contribution in [3.8, 4) is 0 Å². The first kappa shape index (κ1) is 9.89. The Hall–Kier alpha value is -0.300. The summed E-state index contributed by atoms with van der Waals surface area (Å²) in [4.78, 5) is 0. The molecule has 2 fully saturated rings. The van der Waals surface area contributed by atoms with Crippen LogP contribution in [0.15, 0.2) is 12.2 Å². The third-order valence-electron chi connectivity index (χ3n) is 5.19. The van der Waals surface area contributed by atoms with Crippen LogP contribution in [0.4, 0.5) is 0 Å². The van der Waals surface area contributed by atoms with Crippen molar-refractivity contribution in [1.29, 1.82) is 0 Å². The van der Waals surface area contributed by atoms with Crippen molar-refractivity contribution in [2.75, 3.05) is 0 Å². The summed E-state index contributed by atoms with van der Waals surface area (Å²) in [5.41, 5.74) is 0.308. The van der Waals surface area contributed by atoms with Crippen LogP contribution in [0.25, 0.3) is 0 Å². The number of rotatable bonds is 1. The van der Waals surface area contributed by atoms with Gasteiger partial charge in [-0.05, 0) is 57.3 Å². The van der Waals surface area contributed by atoms with Gasteiger partial charge >= 0.3 is 0 Å². The number of fused-ring (bicyclic) bond motifs is 1. The lowest BCUT2D eigenvalue weighted by atomic mass is 9.66. The van der Waals surface area contributed by atoms with Crippen LogP contribution in [-0.4, -0.2) is 11.2 Å². The Morgan fingerprint density at radius 1 is 1.27 bits per heavy atom. The first-order valence-corrected chi connectivity index (χ1v) is 6.56. The van der Waals surface area contributed by atoms with Crippen LogP contribution >= 0.6 is 0 Å². The normalized spacial score (nSPS) is 52.9. The van der Waals surface area contributed by atoms with Gasteiger partial charge in [-0.15, -0.1) is 0 Å². The average molecular weight is 206 g/mol. The lowest BCUT2D eigenvalue weighted by Gasteiger charge is -2.39. The molecule has 1 nitrogen and oxygen atoms in total. The highest BCUT2D eigenvalue weighted by Crippen LogP contribution is 2.57. The van der Waals surface area contributed by atoms with Crippen LogP contribution in [0.5, 0.6) is 0 Å². The van der Waals surface area contributed by atoms with Crippen LogP contribution in [0.3, 0.4) is 0 Å². The second-order valence-electron chi connectivity index (χ2n) is 5.88. The molecule has 1 spiro atoms. The molecule has 1 heteroatoms. The number of ether oxygens (including phenoxy) is 1. The fourth-order valence-corrected chi connectivity index (χ4v) is 4.03. The van der Waals surface area contributed by atoms with E-state index in [-0.39, 0.29) is 11.2 Å². The Labute approximate surface area is 92.9 Å². The van der Waals surface area contributed by atoms with E-state index in [4.69, 9.17) is 4.74 Å². The van der Waals surface area contributed by atoms with Gasteiger partial charge in [0.2, 0.25) is 0 Å². The lowest BCUT2D eigenvalue weighted by molar-refractivity contribution is -0.0997. The molecule has 3 rings (SSSR count). The highest BCUT2D eigenvalue weighted by molar-refractivity contribution is 5.18. The summed E-state index contributed by atoms with van der Waals surface area (Å²) in [5, 5.41) is 0. The minimum atomic E-state index is 0.145. The smallest absolute Gasteiger partial charge is 0.0901 e. The van der Waals surface area contributed by atoms with Gasteiger partial charge in [-0.1, -0.05) is 19.1 Å². The molecule has 0 radical (unpaired) electrons. The molecule has 1 saturated carbocycles. The summed E-state index contributed by atoms with van der Waals surface area (Å²) >= 11 is 0. The predicted octanol–water partition coefficient (Wildman–Crippen LogP) is 3.69. The molecule has 1 saturated heterocycles. The van der Waals surface area contributed by atoms with Gasteiger partial charge in [-0.25, -0.2) is 0 Å². The van der Waals surface area contributed by atoms with Crippen LogP contribution in [0, 0.1) is 11.8 Å². The minimum absolute atomic E-state index is 0.145. The highest BCUT2D eigenvalue weighted by Gasteiger charge is 2.57. The number of hydrogen-bond acceptors (Lipinski definition) is 1. The van der Waals surface area contributed by atoms with Gasteiger partial charge in [-0.3, -0.25) is 0 Å². The molecule has 4 unspecified atom stereocenters.